The van der Waals surface area contributed by atoms with Crippen molar-refractivity contribution in [1.82, 2.24) is 4.98 Å². The minimum Gasteiger partial charge on any atom is -0.495 e. The summed E-state index contributed by atoms with van der Waals surface area (Å²) < 4.78 is 5.24. The van der Waals surface area contributed by atoms with Crippen LogP contribution >= 0.6 is 11.6 Å². The molecule has 2 aromatic rings. The van der Waals surface area contributed by atoms with E-state index in [1.807, 2.05) is 30.3 Å². The van der Waals surface area contributed by atoms with E-state index in [-0.39, 0.29) is 17.4 Å². The second kappa shape index (κ2) is 8.61. The fourth-order valence-electron chi connectivity index (χ4n) is 3.47. The molecule has 0 spiro atoms. The molecule has 144 valence electrons. The molecule has 0 aliphatic heterocycles. The summed E-state index contributed by atoms with van der Waals surface area (Å²) in [5, 5.41) is 0.536. The summed E-state index contributed by atoms with van der Waals surface area (Å²) in [5.74, 6) is 0.723. The number of unbranched alkanes of at least 4 members (excludes halogenated alkanes) is 1. The predicted molar refractivity (Wildman–Crippen MR) is 107 cm³/mol. The standard InChI is InChI=1S/C21H25ClN2O3/c1-27-19-11-8-14(12-17(19)22)15(4-2-3-5-20(23)25)18-10-9-16(13-6-7-13)21(26)24-18/h8-13,15H,2-7H2,1H3,(H2,23,25)(H,24,26). The lowest BCUT2D eigenvalue weighted by Gasteiger charge is -2.19. The minimum atomic E-state index is -0.291. The highest BCUT2D eigenvalue weighted by molar-refractivity contribution is 6.32. The number of halogens is 1. The number of aromatic nitrogens is 1. The quantitative estimate of drug-likeness (QED) is 0.634. The van der Waals surface area contributed by atoms with E-state index in [1.54, 1.807) is 7.11 Å². The predicted octanol–water partition coefficient (Wildman–Crippen LogP) is 4.09. The summed E-state index contributed by atoms with van der Waals surface area (Å²) >= 11 is 6.31. The van der Waals surface area contributed by atoms with Crippen LogP contribution in [-0.2, 0) is 4.79 Å². The molecule has 1 fully saturated rings. The Morgan fingerprint density at radius 1 is 1.30 bits per heavy atom. The first-order valence-electron chi connectivity index (χ1n) is 9.34. The molecule has 1 amide bonds. The molecule has 0 saturated heterocycles. The Hall–Kier alpha value is -2.27. The van der Waals surface area contributed by atoms with Gasteiger partial charge in [0.1, 0.15) is 5.75 Å². The maximum absolute atomic E-state index is 12.5. The summed E-state index contributed by atoms with van der Waals surface area (Å²) in [6.07, 6.45) is 4.88. The molecule has 1 aromatic heterocycles. The fourth-order valence-corrected chi connectivity index (χ4v) is 3.73. The second-order valence-corrected chi connectivity index (χ2v) is 7.54. The SMILES string of the molecule is COc1ccc(C(CCCCC(N)=O)c2ccc(C3CC3)c(=O)[nH]2)cc1Cl. The molecule has 27 heavy (non-hydrogen) atoms. The molecule has 0 bridgehead atoms. The number of nitrogens with two attached hydrogens (primary N) is 1. The molecule has 1 heterocycles. The first-order chi connectivity index (χ1) is 13.0. The Morgan fingerprint density at radius 3 is 2.67 bits per heavy atom. The van der Waals surface area contributed by atoms with Gasteiger partial charge < -0.3 is 15.5 Å². The van der Waals surface area contributed by atoms with Crippen LogP contribution in [0.15, 0.2) is 35.1 Å². The summed E-state index contributed by atoms with van der Waals surface area (Å²) in [6, 6.07) is 9.65. The number of aromatic amines is 1. The third-order valence-corrected chi connectivity index (χ3v) is 5.39. The van der Waals surface area contributed by atoms with Gasteiger partial charge in [0.25, 0.3) is 5.56 Å². The average molecular weight is 389 g/mol. The fraction of sp³-hybridized carbons (Fsp3) is 0.429. The van der Waals surface area contributed by atoms with Gasteiger partial charge in [-0.25, -0.2) is 0 Å². The third-order valence-electron chi connectivity index (χ3n) is 5.10. The maximum Gasteiger partial charge on any atom is 0.251 e. The van der Waals surface area contributed by atoms with E-state index in [0.717, 1.165) is 48.9 Å². The van der Waals surface area contributed by atoms with Crippen LogP contribution in [0.5, 0.6) is 5.75 Å². The van der Waals surface area contributed by atoms with E-state index in [9.17, 15) is 9.59 Å². The molecule has 3 rings (SSSR count). The normalized spacial score (nSPS) is 14.7. The van der Waals surface area contributed by atoms with Crippen molar-refractivity contribution in [1.29, 1.82) is 0 Å². The van der Waals surface area contributed by atoms with Crippen molar-refractivity contribution >= 4 is 17.5 Å². The number of primary amides is 1. The molecule has 5 nitrogen and oxygen atoms in total. The lowest BCUT2D eigenvalue weighted by Crippen LogP contribution is -2.16. The molecule has 1 aromatic carbocycles. The molecule has 3 N–H and O–H groups in total. The van der Waals surface area contributed by atoms with Crippen LogP contribution in [0.3, 0.4) is 0 Å². The highest BCUT2D eigenvalue weighted by atomic mass is 35.5. The molecular weight excluding hydrogens is 364 g/mol. The topological polar surface area (TPSA) is 85.2 Å². The monoisotopic (exact) mass is 388 g/mol. The van der Waals surface area contributed by atoms with Gasteiger partial charge in [0.2, 0.25) is 5.91 Å². The first kappa shape index (κ1) is 19.5. The molecule has 1 aliphatic rings. The highest BCUT2D eigenvalue weighted by Gasteiger charge is 2.27. The number of hydrogen-bond donors (Lipinski definition) is 2. The number of H-pyrrole nitrogens is 1. The van der Waals surface area contributed by atoms with E-state index < -0.39 is 0 Å². The van der Waals surface area contributed by atoms with Gasteiger partial charge in [-0.3, -0.25) is 9.59 Å². The van der Waals surface area contributed by atoms with Crippen molar-refractivity contribution in [2.24, 2.45) is 5.73 Å². The van der Waals surface area contributed by atoms with Gasteiger partial charge in [-0.05, 0) is 55.4 Å². The second-order valence-electron chi connectivity index (χ2n) is 7.13. The summed E-state index contributed by atoms with van der Waals surface area (Å²) in [6.45, 7) is 0. The maximum atomic E-state index is 12.5. The van der Waals surface area contributed by atoms with Gasteiger partial charge >= 0.3 is 0 Å². The molecule has 6 heteroatoms. The van der Waals surface area contributed by atoms with Crippen molar-refractivity contribution < 1.29 is 9.53 Å². The largest absolute Gasteiger partial charge is 0.495 e. The summed E-state index contributed by atoms with van der Waals surface area (Å²) in [4.78, 5) is 26.5. The molecule has 1 aliphatic carbocycles. The number of methoxy groups -OCH3 is 1. The number of carbonyl (C=O) groups is 1. The van der Waals surface area contributed by atoms with Crippen LogP contribution < -0.4 is 16.0 Å². The first-order valence-corrected chi connectivity index (χ1v) is 9.72. The van der Waals surface area contributed by atoms with Crippen molar-refractivity contribution in [3.63, 3.8) is 0 Å². The number of benzene rings is 1. The minimum absolute atomic E-state index is 0.00301. The zero-order valence-corrected chi connectivity index (χ0v) is 16.2. The lowest BCUT2D eigenvalue weighted by atomic mass is 9.89. The molecule has 1 saturated carbocycles. The Labute approximate surface area is 163 Å². The van der Waals surface area contributed by atoms with Crippen LogP contribution in [-0.4, -0.2) is 18.0 Å². The number of carbonyl (C=O) groups excluding carboxylic acids is 1. The number of amides is 1. The molecular formula is C21H25ClN2O3. The lowest BCUT2D eigenvalue weighted by molar-refractivity contribution is -0.118. The van der Waals surface area contributed by atoms with E-state index >= 15 is 0 Å². The average Bonchev–Trinajstić information content (AvgIpc) is 3.46. The van der Waals surface area contributed by atoms with Gasteiger partial charge in [-0.2, -0.15) is 0 Å². The molecule has 1 atom stereocenters. The van der Waals surface area contributed by atoms with Gasteiger partial charge in [0.15, 0.2) is 0 Å². The zero-order chi connectivity index (χ0) is 19.4. The van der Waals surface area contributed by atoms with E-state index in [4.69, 9.17) is 22.1 Å². The number of pyridine rings is 1. The Bertz CT molecular complexity index is 874. The van der Waals surface area contributed by atoms with Crippen molar-refractivity contribution in [3.8, 4) is 5.75 Å². The number of hydrogen-bond acceptors (Lipinski definition) is 3. The molecule has 1 unspecified atom stereocenters. The van der Waals surface area contributed by atoms with Crippen LogP contribution in [0.25, 0.3) is 0 Å². The summed E-state index contributed by atoms with van der Waals surface area (Å²) in [7, 11) is 1.58. The van der Waals surface area contributed by atoms with E-state index in [2.05, 4.69) is 4.98 Å². The number of rotatable bonds is 9. The van der Waals surface area contributed by atoms with Crippen molar-refractivity contribution in [3.05, 3.63) is 62.5 Å². The van der Waals surface area contributed by atoms with E-state index in [0.29, 0.717) is 23.1 Å². The highest BCUT2D eigenvalue weighted by Crippen LogP contribution is 2.39. The smallest absolute Gasteiger partial charge is 0.251 e. The van der Waals surface area contributed by atoms with Crippen molar-refractivity contribution in [2.45, 2.75) is 50.4 Å². The Morgan fingerprint density at radius 2 is 2.07 bits per heavy atom. The Kier molecular flexibility index (Phi) is 6.22. The third kappa shape index (κ3) is 4.92. The van der Waals surface area contributed by atoms with Gasteiger partial charge in [0.05, 0.1) is 12.1 Å². The van der Waals surface area contributed by atoms with Crippen molar-refractivity contribution in [2.75, 3.05) is 7.11 Å². The van der Waals surface area contributed by atoms with Crippen LogP contribution in [0.4, 0.5) is 0 Å². The van der Waals surface area contributed by atoms with Crippen LogP contribution in [0.1, 0.15) is 67.2 Å². The van der Waals surface area contributed by atoms with Gasteiger partial charge in [-0.1, -0.05) is 30.2 Å². The Balaban J connectivity index is 1.87. The van der Waals surface area contributed by atoms with E-state index in [1.165, 1.54) is 0 Å². The van der Waals surface area contributed by atoms with Crippen LogP contribution in [0.2, 0.25) is 5.02 Å². The van der Waals surface area contributed by atoms with Gasteiger partial charge in [-0.15, -0.1) is 0 Å². The van der Waals surface area contributed by atoms with Crippen LogP contribution in [0, 0.1) is 0 Å². The number of nitrogens with one attached hydrogen (secondary N) is 1. The summed E-state index contributed by atoms with van der Waals surface area (Å²) in [5.41, 5.74) is 7.98. The van der Waals surface area contributed by atoms with Gasteiger partial charge in [0, 0.05) is 23.6 Å². The zero-order valence-electron chi connectivity index (χ0n) is 15.5. The number of ether oxygens (including phenoxy) is 1. The molecule has 0 radical (unpaired) electrons.